The van der Waals surface area contributed by atoms with Gasteiger partial charge >= 0.3 is 0 Å². The van der Waals surface area contributed by atoms with E-state index in [1.165, 1.54) is 121 Å². The molecule has 16 rings (SSSR count). The van der Waals surface area contributed by atoms with Crippen LogP contribution in [0.1, 0.15) is 79.0 Å². The maximum Gasteiger partial charge on any atom is 0.0468 e. The number of nitrogens with zero attached hydrogens (tertiary/aromatic N) is 2. The van der Waals surface area contributed by atoms with Crippen molar-refractivity contribution in [1.29, 1.82) is 0 Å². The van der Waals surface area contributed by atoms with Gasteiger partial charge in [0.25, 0.3) is 0 Å². The lowest BCUT2D eigenvalue weighted by Crippen LogP contribution is -2.18. The first kappa shape index (κ1) is 51.4. The topological polar surface area (TPSA) is 6.48 Å². The van der Waals surface area contributed by atoms with Crippen molar-refractivity contribution >= 4 is 106 Å². The monoisotopic (exact) mass is 1100 g/mol. The third-order valence-corrected chi connectivity index (χ3v) is 19.1. The van der Waals surface area contributed by atoms with Gasteiger partial charge in [0.1, 0.15) is 0 Å². The number of fused-ring (bicyclic) bond motifs is 14. The van der Waals surface area contributed by atoms with E-state index in [1.807, 2.05) is 0 Å². The third-order valence-electron chi connectivity index (χ3n) is 19.1. The maximum absolute atomic E-state index is 2.48. The second kappa shape index (κ2) is 20.2. The number of hydrogen-bond donors (Lipinski definition) is 0. The molecule has 0 N–H and O–H groups in total. The van der Waals surface area contributed by atoms with Crippen molar-refractivity contribution in [3.8, 4) is 11.1 Å². The maximum atomic E-state index is 2.48. The van der Waals surface area contributed by atoms with Crippen LogP contribution >= 0.6 is 0 Å². The minimum absolute atomic E-state index is 0.127. The molecule has 410 valence electrons. The van der Waals surface area contributed by atoms with Crippen molar-refractivity contribution in [2.24, 2.45) is 0 Å². The summed E-state index contributed by atoms with van der Waals surface area (Å²) in [5.74, 6) is 0.369. The summed E-state index contributed by atoms with van der Waals surface area (Å²) in [4.78, 5) is 4.80. The number of rotatable bonds is 10. The van der Waals surface area contributed by atoms with E-state index in [9.17, 15) is 0 Å². The van der Waals surface area contributed by atoms with E-state index in [0.717, 1.165) is 34.9 Å². The Bertz CT molecular complexity index is 5010. The average molecular weight is 1100 g/mol. The fourth-order valence-electron chi connectivity index (χ4n) is 14.7. The number of benzene rings is 13. The van der Waals surface area contributed by atoms with Crippen LogP contribution in [0.15, 0.2) is 290 Å². The van der Waals surface area contributed by atoms with Crippen LogP contribution < -0.4 is 9.80 Å². The summed E-state index contributed by atoms with van der Waals surface area (Å²) < 4.78 is 0. The van der Waals surface area contributed by atoms with Crippen LogP contribution in [-0.2, 0) is 10.8 Å². The first-order valence-corrected chi connectivity index (χ1v) is 30.4. The van der Waals surface area contributed by atoms with E-state index in [1.54, 1.807) is 0 Å². The molecule has 0 aromatic heterocycles. The van der Waals surface area contributed by atoms with Crippen LogP contribution in [0.4, 0.5) is 34.1 Å². The van der Waals surface area contributed by atoms with Gasteiger partial charge < -0.3 is 9.80 Å². The van der Waals surface area contributed by atoms with Crippen LogP contribution in [0.3, 0.4) is 0 Å². The molecule has 0 amide bonds. The highest BCUT2D eigenvalue weighted by Gasteiger charge is 2.43. The molecule has 0 saturated carbocycles. The quantitative estimate of drug-likeness (QED) is 0.0995. The fourth-order valence-corrected chi connectivity index (χ4v) is 14.7. The summed E-state index contributed by atoms with van der Waals surface area (Å²) >= 11 is 0. The molecule has 13 aromatic rings. The molecule has 0 spiro atoms. The standard InChI is InChI=1S/C84H64N2/c1-83(2)79-49-57(33-43-73(79)75-45-39-67(53-81(75)83)85(63-21-7-5-8-22-63)65-37-35-59-17-11-13-19-61(59)51-65)29-27-55-31-41-71-72-42-32-56(48-78(72)70-26-16-15-25-69(70)77(71)47-55)28-30-58-34-44-74-76-46-40-68(54-82(76)84(3,4)80(74)50-58)86(64-23-9-6-10-24-64)66-38-36-60-18-12-14-20-62(60)52-66/h5-43,45-54,74H,44H2,1-4H3/b29-27+,30-28+. The number of allylic oxidation sites excluding steroid dienone is 5. The first-order valence-electron chi connectivity index (χ1n) is 30.4. The largest absolute Gasteiger partial charge is 0.310 e. The Morgan fingerprint density at radius 2 is 0.756 bits per heavy atom. The fraction of sp³-hybridized carbons (Fsp3) is 0.0952. The van der Waals surface area contributed by atoms with E-state index in [0.29, 0.717) is 5.92 Å². The highest BCUT2D eigenvalue weighted by atomic mass is 15.1. The molecule has 0 radical (unpaired) electrons. The second-order valence-corrected chi connectivity index (χ2v) is 24.9. The molecule has 0 saturated heterocycles. The Kier molecular flexibility index (Phi) is 12.1. The van der Waals surface area contributed by atoms with Crippen LogP contribution in [0, 0.1) is 0 Å². The van der Waals surface area contributed by atoms with Gasteiger partial charge in [-0.1, -0.05) is 246 Å². The van der Waals surface area contributed by atoms with E-state index >= 15 is 0 Å². The van der Waals surface area contributed by atoms with Gasteiger partial charge in [-0.05, 0) is 201 Å². The Balaban J connectivity index is 0.662. The molecule has 1 atom stereocenters. The summed E-state index contributed by atoms with van der Waals surface area (Å²) in [7, 11) is 0. The minimum Gasteiger partial charge on any atom is -0.310 e. The lowest BCUT2D eigenvalue weighted by Gasteiger charge is -2.29. The normalized spacial score (nSPS) is 15.5. The van der Waals surface area contributed by atoms with Crippen molar-refractivity contribution in [2.45, 2.75) is 50.9 Å². The zero-order chi connectivity index (χ0) is 57.7. The van der Waals surface area contributed by atoms with E-state index in [2.05, 4.69) is 335 Å². The van der Waals surface area contributed by atoms with Crippen LogP contribution in [0.2, 0.25) is 0 Å². The Hall–Kier alpha value is -10.3. The summed E-state index contributed by atoms with van der Waals surface area (Å²) in [5, 5.41) is 12.6. The highest BCUT2D eigenvalue weighted by Crippen LogP contribution is 2.56. The van der Waals surface area contributed by atoms with Crippen LogP contribution in [0.25, 0.3) is 83.2 Å². The summed E-state index contributed by atoms with van der Waals surface area (Å²) in [5.41, 5.74) is 21.2. The molecule has 2 heteroatoms. The zero-order valence-electron chi connectivity index (χ0n) is 49.0. The summed E-state index contributed by atoms with van der Waals surface area (Å²) in [6, 6.07) is 96.6. The van der Waals surface area contributed by atoms with Crippen LogP contribution in [-0.4, -0.2) is 0 Å². The molecule has 2 nitrogen and oxygen atoms in total. The SMILES string of the molecule is CC1(C)C2=CC(/C=C/c3ccc4c5ccc(/C=C/c6ccc7c(c6)C(C)(C)c6cc(N(c8ccccc8)c8ccc9ccccc9c8)ccc6-7)cc5c5ccccc5c4c3)=CCC2c2ccc(N(c3ccccc3)c3ccc4ccccc4c3)cc21. The average Bonchev–Trinajstić information content (AvgIpc) is 1.94. The van der Waals surface area contributed by atoms with Crippen molar-refractivity contribution in [3.05, 3.63) is 329 Å². The van der Waals surface area contributed by atoms with Gasteiger partial charge in [-0.2, -0.15) is 0 Å². The molecule has 0 aliphatic heterocycles. The lowest BCUT2D eigenvalue weighted by molar-refractivity contribution is 0.611. The first-order chi connectivity index (χ1) is 42.1. The van der Waals surface area contributed by atoms with Gasteiger partial charge in [0, 0.05) is 50.9 Å². The van der Waals surface area contributed by atoms with E-state index in [-0.39, 0.29) is 10.8 Å². The number of para-hydroxylation sites is 2. The lowest BCUT2D eigenvalue weighted by atomic mass is 9.77. The molecule has 0 fully saturated rings. The molecular weight excluding hydrogens is 1040 g/mol. The van der Waals surface area contributed by atoms with Crippen molar-refractivity contribution in [2.75, 3.05) is 9.80 Å². The van der Waals surface area contributed by atoms with Gasteiger partial charge in [-0.3, -0.25) is 0 Å². The van der Waals surface area contributed by atoms with E-state index < -0.39 is 0 Å². The molecule has 3 aliphatic rings. The van der Waals surface area contributed by atoms with Crippen molar-refractivity contribution in [1.82, 2.24) is 0 Å². The number of hydrogen-bond acceptors (Lipinski definition) is 2. The minimum atomic E-state index is -0.193. The predicted octanol–water partition coefficient (Wildman–Crippen LogP) is 23.2. The molecule has 13 aromatic carbocycles. The molecule has 86 heavy (non-hydrogen) atoms. The smallest absolute Gasteiger partial charge is 0.0468 e. The van der Waals surface area contributed by atoms with Gasteiger partial charge in [-0.15, -0.1) is 0 Å². The second-order valence-electron chi connectivity index (χ2n) is 24.9. The van der Waals surface area contributed by atoms with Crippen molar-refractivity contribution in [3.63, 3.8) is 0 Å². The third kappa shape index (κ3) is 8.62. The van der Waals surface area contributed by atoms with Gasteiger partial charge in [0.05, 0.1) is 0 Å². The molecule has 1 unspecified atom stereocenters. The van der Waals surface area contributed by atoms with E-state index in [4.69, 9.17) is 0 Å². The zero-order valence-corrected chi connectivity index (χ0v) is 49.0. The predicted molar refractivity (Wildman–Crippen MR) is 368 cm³/mol. The van der Waals surface area contributed by atoms with Gasteiger partial charge in [-0.25, -0.2) is 0 Å². The Labute approximate surface area is 504 Å². The number of anilines is 6. The molecule has 3 aliphatic carbocycles. The van der Waals surface area contributed by atoms with Gasteiger partial charge in [0.2, 0.25) is 0 Å². The molecular formula is C84H64N2. The van der Waals surface area contributed by atoms with Crippen molar-refractivity contribution < 1.29 is 0 Å². The highest BCUT2D eigenvalue weighted by molar-refractivity contribution is 6.26. The van der Waals surface area contributed by atoms with Gasteiger partial charge in [0.15, 0.2) is 0 Å². The summed E-state index contributed by atoms with van der Waals surface area (Å²) in [6.45, 7) is 9.61. The molecule has 0 bridgehead atoms. The Morgan fingerprint density at radius 3 is 1.34 bits per heavy atom. The summed E-state index contributed by atoms with van der Waals surface area (Å²) in [6.07, 6.45) is 15.1. The van der Waals surface area contributed by atoms with Crippen LogP contribution in [0.5, 0.6) is 0 Å². The Morgan fingerprint density at radius 1 is 0.326 bits per heavy atom. The molecule has 0 heterocycles.